The van der Waals surface area contributed by atoms with E-state index in [2.05, 4.69) is 325 Å². The van der Waals surface area contributed by atoms with E-state index in [0.29, 0.717) is 0 Å². The molecule has 0 aromatic heterocycles. The minimum absolute atomic E-state index is 0.0282. The molecule has 0 saturated carbocycles. The van der Waals surface area contributed by atoms with Crippen LogP contribution in [0.25, 0.3) is 33.4 Å². The van der Waals surface area contributed by atoms with Gasteiger partial charge in [-0.15, -0.1) is 0 Å². The first-order valence-corrected chi connectivity index (χ1v) is 31.7. The first-order chi connectivity index (χ1) is 42.1. The molecular weight excluding hydrogens is 1050 g/mol. The van der Waals surface area contributed by atoms with E-state index in [1.54, 1.807) is 0 Å². The molecule has 11 aromatic rings. The van der Waals surface area contributed by atoms with Gasteiger partial charge in [-0.1, -0.05) is 249 Å². The lowest BCUT2D eigenvalue weighted by Gasteiger charge is -2.53. The third-order valence-corrected chi connectivity index (χ3v) is 21.2. The highest BCUT2D eigenvalue weighted by atomic mass is 15.3. The van der Waals surface area contributed by atoms with Crippen LogP contribution in [0.1, 0.15) is 107 Å². The Morgan fingerprint density at radius 2 is 0.885 bits per heavy atom. The van der Waals surface area contributed by atoms with Crippen molar-refractivity contribution in [2.75, 3.05) is 14.7 Å². The highest BCUT2D eigenvalue weighted by Crippen LogP contribution is 2.64. The van der Waals surface area contributed by atoms with Gasteiger partial charge < -0.3 is 14.7 Å². The smallest absolute Gasteiger partial charge is 0.252 e. The largest absolute Gasteiger partial charge is 0.334 e. The maximum atomic E-state index is 2.81. The molecule has 2 unspecified atom stereocenters. The molecule has 0 N–H and O–H groups in total. The number of hydrogen-bond acceptors (Lipinski definition) is 3. The minimum Gasteiger partial charge on any atom is -0.334 e. The summed E-state index contributed by atoms with van der Waals surface area (Å²) >= 11 is 0. The van der Waals surface area contributed by atoms with Crippen molar-refractivity contribution >= 4 is 68.6 Å². The molecule has 4 heteroatoms. The third kappa shape index (κ3) is 8.09. The Morgan fingerprint density at radius 3 is 1.54 bits per heavy atom. The van der Waals surface area contributed by atoms with Gasteiger partial charge in [-0.25, -0.2) is 0 Å². The highest BCUT2D eigenvalue weighted by molar-refractivity contribution is 7.00. The molecule has 3 heterocycles. The summed E-state index contributed by atoms with van der Waals surface area (Å²) in [5.74, 6) is 0. The maximum absolute atomic E-state index is 2.81. The number of nitrogens with zero attached hydrogens (tertiary/aromatic N) is 3. The fourth-order valence-electron chi connectivity index (χ4n) is 16.6. The van der Waals surface area contributed by atoms with Gasteiger partial charge in [-0.3, -0.25) is 0 Å². The van der Waals surface area contributed by atoms with Crippen LogP contribution in [0.5, 0.6) is 0 Å². The van der Waals surface area contributed by atoms with Crippen LogP contribution in [0, 0.1) is 0 Å². The van der Waals surface area contributed by atoms with Gasteiger partial charge in [-0.2, -0.15) is 0 Å². The lowest BCUT2D eigenvalue weighted by Crippen LogP contribution is -2.62. The fraction of sp³-hybridized carbons (Fsp3) is 0.205. The zero-order chi connectivity index (χ0) is 59.2. The predicted molar refractivity (Wildman–Crippen MR) is 369 cm³/mol. The van der Waals surface area contributed by atoms with Crippen molar-refractivity contribution in [1.29, 1.82) is 0 Å². The Bertz CT molecular complexity index is 4520. The van der Waals surface area contributed by atoms with Crippen LogP contribution in [0.15, 0.2) is 255 Å². The van der Waals surface area contributed by atoms with Gasteiger partial charge >= 0.3 is 0 Å². The Hall–Kier alpha value is -9.12. The molecule has 0 saturated heterocycles. The molecule has 424 valence electrons. The number of anilines is 8. The number of benzene rings is 11. The van der Waals surface area contributed by atoms with Crippen molar-refractivity contribution in [3.63, 3.8) is 0 Å². The van der Waals surface area contributed by atoms with Gasteiger partial charge in [0.15, 0.2) is 0 Å². The molecule has 2 atom stereocenters. The summed E-state index contributed by atoms with van der Waals surface area (Å²) < 4.78 is 0. The summed E-state index contributed by atoms with van der Waals surface area (Å²) in [4.78, 5) is 8.20. The quantitative estimate of drug-likeness (QED) is 0.147. The Labute approximate surface area is 515 Å². The van der Waals surface area contributed by atoms with Gasteiger partial charge in [0.2, 0.25) is 0 Å². The number of hydrogen-bond donors (Lipinski definition) is 0. The Morgan fingerprint density at radius 1 is 0.368 bits per heavy atom. The summed E-state index contributed by atoms with van der Waals surface area (Å²) in [5.41, 5.74) is 29.8. The van der Waals surface area contributed by atoms with E-state index in [1.807, 2.05) is 0 Å². The van der Waals surface area contributed by atoms with Crippen molar-refractivity contribution < 1.29 is 0 Å². The molecule has 16 rings (SSSR count). The SMILES string of the molecule is CC(C)(C)c1ccc(N2c3cc4c(cc3B3c5cc(-c6ccccc6)ccc5N(c5ccc(-c6ccccc6)cc5)c5cc(N6c7ccccc7C7(c8ccccc8)Cc8ccccc8CC67C)cc2c53)C(C)(C)CCC4(C)C)c(-c2ccccc2)c1. The molecule has 0 spiro atoms. The Kier molecular flexibility index (Phi) is 11.9. The Balaban J connectivity index is 1.06. The van der Waals surface area contributed by atoms with Crippen LogP contribution in [-0.2, 0) is 34.5 Å². The first kappa shape index (κ1) is 53.4. The van der Waals surface area contributed by atoms with E-state index in [4.69, 9.17) is 0 Å². The van der Waals surface area contributed by atoms with E-state index in [9.17, 15) is 0 Å². The summed E-state index contributed by atoms with van der Waals surface area (Å²) in [6.45, 7) is 19.5. The van der Waals surface area contributed by atoms with E-state index in [0.717, 1.165) is 31.4 Å². The van der Waals surface area contributed by atoms with Crippen LogP contribution < -0.4 is 31.1 Å². The van der Waals surface area contributed by atoms with Crippen molar-refractivity contribution in [3.8, 4) is 33.4 Å². The van der Waals surface area contributed by atoms with E-state index >= 15 is 0 Å². The first-order valence-electron chi connectivity index (χ1n) is 31.7. The topological polar surface area (TPSA) is 9.72 Å². The van der Waals surface area contributed by atoms with Crippen LogP contribution in [0.2, 0.25) is 0 Å². The standard InChI is InChI=1S/C83H74BN3/c1-79(2,3)63-40-44-72(66(48-63)58-29-17-11-18-30-58)86-75-52-69-68(80(4,5)45-46-81(69,6)7)51-71(75)84-70-47-59(56-27-15-10-16-28-56)39-43-74(70)85(64-41-37-57(38-42-64)55-25-13-9-14-26-55)76-49-65(50-77(86)78(76)84)87-73-36-24-23-35-67(73)83(62-33-19-12-20-34-62)54-61-32-22-21-31-60(61)53-82(83,87)8/h9-44,47-52H,45-46,53-54H2,1-8H3. The van der Waals surface area contributed by atoms with Crippen molar-refractivity contribution in [1.82, 2.24) is 0 Å². The average molecular weight is 1120 g/mol. The summed E-state index contributed by atoms with van der Waals surface area (Å²) in [7, 11) is 0. The summed E-state index contributed by atoms with van der Waals surface area (Å²) in [5, 5.41) is 0. The second-order valence-electron chi connectivity index (χ2n) is 28.1. The van der Waals surface area contributed by atoms with Gasteiger partial charge in [0.1, 0.15) is 0 Å². The van der Waals surface area contributed by atoms with E-state index in [-0.39, 0.29) is 28.4 Å². The molecule has 5 aliphatic rings. The van der Waals surface area contributed by atoms with Gasteiger partial charge in [0.25, 0.3) is 6.71 Å². The average Bonchev–Trinajstić information content (AvgIpc) is 1.64. The number of fused-ring (bicyclic) bond motifs is 9. The molecule has 0 bridgehead atoms. The van der Waals surface area contributed by atoms with Crippen molar-refractivity contribution in [2.45, 2.75) is 108 Å². The van der Waals surface area contributed by atoms with Crippen molar-refractivity contribution in [3.05, 3.63) is 294 Å². The zero-order valence-corrected chi connectivity index (χ0v) is 51.5. The lowest BCUT2D eigenvalue weighted by atomic mass is 9.33. The molecule has 87 heavy (non-hydrogen) atoms. The second-order valence-corrected chi connectivity index (χ2v) is 28.1. The summed E-state index contributed by atoms with van der Waals surface area (Å²) in [6, 6.07) is 98.1. The highest BCUT2D eigenvalue weighted by Gasteiger charge is 2.62. The lowest BCUT2D eigenvalue weighted by molar-refractivity contribution is 0.281. The fourth-order valence-corrected chi connectivity index (χ4v) is 16.6. The molecule has 11 aromatic carbocycles. The van der Waals surface area contributed by atoms with Crippen LogP contribution in [-0.4, -0.2) is 12.3 Å². The molecule has 2 aliphatic carbocycles. The maximum Gasteiger partial charge on any atom is 0.252 e. The molecular formula is C83H74BN3. The number of para-hydroxylation sites is 1. The van der Waals surface area contributed by atoms with Gasteiger partial charge in [0, 0.05) is 50.8 Å². The summed E-state index contributed by atoms with van der Waals surface area (Å²) in [6.07, 6.45) is 4.01. The molecule has 0 fully saturated rings. The van der Waals surface area contributed by atoms with Crippen LogP contribution >= 0.6 is 0 Å². The molecule has 3 aliphatic heterocycles. The predicted octanol–water partition coefficient (Wildman–Crippen LogP) is 19.4. The second kappa shape index (κ2) is 19.4. The minimum atomic E-state index is -0.443. The van der Waals surface area contributed by atoms with Gasteiger partial charge in [0.05, 0.1) is 11.2 Å². The van der Waals surface area contributed by atoms with Crippen molar-refractivity contribution in [2.24, 2.45) is 0 Å². The zero-order valence-electron chi connectivity index (χ0n) is 51.5. The van der Waals surface area contributed by atoms with E-state index in [1.165, 1.54) is 129 Å². The normalized spacial score (nSPS) is 19.0. The third-order valence-electron chi connectivity index (χ3n) is 21.2. The van der Waals surface area contributed by atoms with Gasteiger partial charge in [-0.05, 0) is 187 Å². The van der Waals surface area contributed by atoms with E-state index < -0.39 is 5.54 Å². The molecule has 0 radical (unpaired) electrons. The number of rotatable bonds is 7. The van der Waals surface area contributed by atoms with Crippen LogP contribution in [0.3, 0.4) is 0 Å². The monoisotopic (exact) mass is 1120 g/mol. The molecule has 0 amide bonds. The molecule has 3 nitrogen and oxygen atoms in total. The van der Waals surface area contributed by atoms with Crippen LogP contribution in [0.4, 0.5) is 45.5 Å².